The first-order valence-electron chi connectivity index (χ1n) is 7.72. The molecule has 1 aromatic carbocycles. The topological polar surface area (TPSA) is 63.6 Å². The lowest BCUT2D eigenvalue weighted by molar-refractivity contribution is -0.120. The minimum absolute atomic E-state index is 0.160. The summed E-state index contributed by atoms with van der Waals surface area (Å²) in [5.74, 6) is -0.160. The van der Waals surface area contributed by atoms with Crippen LogP contribution in [0.3, 0.4) is 0 Å². The summed E-state index contributed by atoms with van der Waals surface area (Å²) in [6.45, 7) is 5.75. The number of ether oxygens (including phenoxy) is 1. The number of benzene rings is 1. The molecule has 7 heteroatoms. The van der Waals surface area contributed by atoms with Gasteiger partial charge in [-0.2, -0.15) is 0 Å². The lowest BCUT2D eigenvalue weighted by Crippen LogP contribution is -2.49. The molecule has 2 amide bonds. The predicted octanol–water partition coefficient (Wildman–Crippen LogP) is 3.12. The van der Waals surface area contributed by atoms with Crippen LogP contribution in [0.15, 0.2) is 24.4 Å². The van der Waals surface area contributed by atoms with Gasteiger partial charge in [0.25, 0.3) is 5.91 Å². The summed E-state index contributed by atoms with van der Waals surface area (Å²) >= 11 is 2.29. The van der Waals surface area contributed by atoms with Crippen LogP contribution in [0.1, 0.15) is 20.8 Å². The zero-order chi connectivity index (χ0) is 17.6. The van der Waals surface area contributed by atoms with Crippen molar-refractivity contribution in [2.75, 3.05) is 11.9 Å². The fourth-order valence-electron chi connectivity index (χ4n) is 2.90. The van der Waals surface area contributed by atoms with Crippen molar-refractivity contribution in [3.8, 4) is 0 Å². The number of hydrogen-bond donors (Lipinski definition) is 1. The summed E-state index contributed by atoms with van der Waals surface area (Å²) in [4.78, 5) is 26.5. The van der Waals surface area contributed by atoms with Gasteiger partial charge in [-0.25, -0.2) is 4.79 Å². The molecule has 0 bridgehead atoms. The molecule has 0 radical (unpaired) electrons. The number of likely N-dealkylation sites (N-methyl/N-ethyl adjacent to an activating group) is 1. The van der Waals surface area contributed by atoms with E-state index in [-0.39, 0.29) is 5.91 Å². The number of hydrogen-bond acceptors (Lipinski definition) is 3. The molecule has 0 saturated heterocycles. The average molecular weight is 441 g/mol. The van der Waals surface area contributed by atoms with Gasteiger partial charge in [0.05, 0.1) is 17.7 Å². The van der Waals surface area contributed by atoms with Crippen molar-refractivity contribution in [3.05, 3.63) is 28.0 Å². The third-order valence-corrected chi connectivity index (χ3v) is 4.75. The Labute approximate surface area is 154 Å². The summed E-state index contributed by atoms with van der Waals surface area (Å²) < 4.78 is 8.43. The van der Waals surface area contributed by atoms with Crippen LogP contribution < -0.4 is 10.2 Å². The Balaban J connectivity index is 1.96. The number of alkyl carbamates (subject to hydrolysis) is 1. The van der Waals surface area contributed by atoms with Crippen molar-refractivity contribution in [1.29, 1.82) is 0 Å². The Bertz CT molecular complexity index is 822. The van der Waals surface area contributed by atoms with E-state index in [1.165, 1.54) is 0 Å². The highest BCUT2D eigenvalue weighted by Gasteiger charge is 2.32. The molecule has 128 valence electrons. The summed E-state index contributed by atoms with van der Waals surface area (Å²) in [6.07, 6.45) is 1.42. The van der Waals surface area contributed by atoms with Gasteiger partial charge in [0, 0.05) is 22.2 Å². The molecule has 0 spiro atoms. The molecule has 2 aromatic rings. The molecule has 1 aromatic heterocycles. The lowest BCUT2D eigenvalue weighted by Gasteiger charge is -2.24. The second-order valence-corrected chi connectivity index (χ2v) is 8.06. The van der Waals surface area contributed by atoms with Gasteiger partial charge in [-0.3, -0.25) is 4.79 Å². The van der Waals surface area contributed by atoms with Crippen molar-refractivity contribution in [1.82, 2.24) is 9.88 Å². The molecule has 0 fully saturated rings. The van der Waals surface area contributed by atoms with E-state index in [0.717, 1.165) is 20.2 Å². The monoisotopic (exact) mass is 441 g/mol. The maximum absolute atomic E-state index is 12.8. The third-order valence-electron chi connectivity index (χ3n) is 3.89. The quantitative estimate of drug-likeness (QED) is 0.692. The highest BCUT2D eigenvalue weighted by atomic mass is 127. The van der Waals surface area contributed by atoms with Crippen molar-refractivity contribution >= 4 is 51.2 Å². The van der Waals surface area contributed by atoms with Gasteiger partial charge in [-0.05, 0) is 49.4 Å². The molecule has 0 saturated carbocycles. The molecular weight excluding hydrogens is 421 g/mol. The molecular formula is C17H20IN3O3. The predicted molar refractivity (Wildman–Crippen MR) is 101 cm³/mol. The summed E-state index contributed by atoms with van der Waals surface area (Å²) in [7, 11) is 1.73. The van der Waals surface area contributed by atoms with Crippen molar-refractivity contribution in [2.24, 2.45) is 0 Å². The molecule has 1 atom stereocenters. The molecule has 1 unspecified atom stereocenters. The highest BCUT2D eigenvalue weighted by molar-refractivity contribution is 14.1. The number of amides is 2. The Morgan fingerprint density at radius 3 is 2.75 bits per heavy atom. The van der Waals surface area contributed by atoms with Gasteiger partial charge in [-0.1, -0.05) is 12.1 Å². The Morgan fingerprint density at radius 2 is 2.08 bits per heavy atom. The number of carbonyl (C=O) groups is 2. The van der Waals surface area contributed by atoms with E-state index in [2.05, 4.69) is 27.9 Å². The van der Waals surface area contributed by atoms with E-state index in [0.29, 0.717) is 6.54 Å². The molecule has 24 heavy (non-hydrogen) atoms. The van der Waals surface area contributed by atoms with Gasteiger partial charge in [0.1, 0.15) is 11.6 Å². The van der Waals surface area contributed by atoms with E-state index >= 15 is 0 Å². The molecule has 1 aliphatic heterocycles. The molecule has 1 N–H and O–H groups in total. The fourth-order valence-corrected chi connectivity index (χ4v) is 3.67. The zero-order valence-electron chi connectivity index (χ0n) is 14.1. The largest absolute Gasteiger partial charge is 0.444 e. The van der Waals surface area contributed by atoms with Crippen LogP contribution in [-0.4, -0.2) is 35.3 Å². The molecule has 0 aliphatic carbocycles. The number of para-hydroxylation sites is 1. The molecule has 3 rings (SSSR count). The summed E-state index contributed by atoms with van der Waals surface area (Å²) in [5, 5.41) is 3.81. The van der Waals surface area contributed by atoms with Crippen molar-refractivity contribution < 1.29 is 14.3 Å². The lowest BCUT2D eigenvalue weighted by atomic mass is 10.2. The zero-order valence-corrected chi connectivity index (χ0v) is 16.2. The van der Waals surface area contributed by atoms with Crippen LogP contribution in [0, 0.1) is 3.57 Å². The maximum atomic E-state index is 12.8. The van der Waals surface area contributed by atoms with Crippen LogP contribution in [0.25, 0.3) is 10.9 Å². The number of rotatable bonds is 1. The highest BCUT2D eigenvalue weighted by Crippen LogP contribution is 2.33. The second kappa shape index (κ2) is 5.94. The van der Waals surface area contributed by atoms with Gasteiger partial charge in [-0.15, -0.1) is 0 Å². The standard InChI is InChI=1S/C17H20IN3O3/c1-17(2,3)24-16(23)19-12-9-21-8-11(18)10-6-5-7-13(14(10)21)20(4)15(12)22/h5-8,12H,9H2,1-4H3,(H,19,23). The first-order valence-corrected chi connectivity index (χ1v) is 8.79. The van der Waals surface area contributed by atoms with Gasteiger partial charge in [0.2, 0.25) is 0 Å². The van der Waals surface area contributed by atoms with E-state index in [1.807, 2.05) is 29.0 Å². The van der Waals surface area contributed by atoms with Gasteiger partial charge in [0.15, 0.2) is 0 Å². The van der Waals surface area contributed by atoms with Crippen LogP contribution in [-0.2, 0) is 16.1 Å². The second-order valence-electron chi connectivity index (χ2n) is 6.90. The summed E-state index contributed by atoms with van der Waals surface area (Å²) in [6, 6.07) is 5.22. The van der Waals surface area contributed by atoms with Crippen LogP contribution in [0.5, 0.6) is 0 Å². The maximum Gasteiger partial charge on any atom is 0.408 e. The minimum Gasteiger partial charge on any atom is -0.444 e. The first-order chi connectivity index (χ1) is 11.2. The van der Waals surface area contributed by atoms with Crippen molar-refractivity contribution in [3.63, 3.8) is 0 Å². The van der Waals surface area contributed by atoms with Gasteiger partial charge >= 0.3 is 6.09 Å². The Kier molecular flexibility index (Phi) is 4.23. The number of nitrogens with zero attached hydrogens (tertiary/aromatic N) is 2. The normalized spacial score (nSPS) is 17.8. The summed E-state index contributed by atoms with van der Waals surface area (Å²) in [5.41, 5.74) is 1.24. The fraction of sp³-hybridized carbons (Fsp3) is 0.412. The Hall–Kier alpha value is -1.77. The van der Waals surface area contributed by atoms with E-state index < -0.39 is 17.7 Å². The average Bonchev–Trinajstić information content (AvgIpc) is 2.75. The number of nitrogens with one attached hydrogen (secondary N) is 1. The molecule has 1 aliphatic rings. The number of halogens is 1. The number of anilines is 1. The smallest absolute Gasteiger partial charge is 0.408 e. The van der Waals surface area contributed by atoms with E-state index in [1.54, 1.807) is 32.7 Å². The van der Waals surface area contributed by atoms with E-state index in [9.17, 15) is 9.59 Å². The molecule has 6 nitrogen and oxygen atoms in total. The molecule has 2 heterocycles. The first kappa shape index (κ1) is 17.1. The third kappa shape index (κ3) is 3.09. The van der Waals surface area contributed by atoms with Gasteiger partial charge < -0.3 is 19.5 Å². The van der Waals surface area contributed by atoms with E-state index in [4.69, 9.17) is 4.74 Å². The van der Waals surface area contributed by atoms with Crippen LogP contribution >= 0.6 is 22.6 Å². The number of carbonyl (C=O) groups excluding carboxylic acids is 2. The Morgan fingerprint density at radius 1 is 1.38 bits per heavy atom. The SMILES string of the molecule is CN1C(=O)C(NC(=O)OC(C)(C)C)Cn2cc(I)c3cccc1c32. The van der Waals surface area contributed by atoms with Crippen LogP contribution in [0.4, 0.5) is 10.5 Å². The minimum atomic E-state index is -0.677. The van der Waals surface area contributed by atoms with Crippen LogP contribution in [0.2, 0.25) is 0 Å². The number of aromatic nitrogens is 1. The van der Waals surface area contributed by atoms with Crippen molar-refractivity contribution in [2.45, 2.75) is 39.0 Å².